The zero-order valence-electron chi connectivity index (χ0n) is 28.6. The Labute approximate surface area is 265 Å². The van der Waals surface area contributed by atoms with Crippen molar-refractivity contribution in [3.63, 3.8) is 0 Å². The van der Waals surface area contributed by atoms with Gasteiger partial charge >= 0.3 is 0 Å². The molecule has 0 unspecified atom stereocenters. The highest BCUT2D eigenvalue weighted by Gasteiger charge is 2.38. The van der Waals surface area contributed by atoms with Gasteiger partial charge in [0.25, 0.3) is 0 Å². The van der Waals surface area contributed by atoms with Crippen molar-refractivity contribution in [2.75, 3.05) is 13.4 Å². The number of aldehydes is 1. The predicted molar refractivity (Wildman–Crippen MR) is 182 cm³/mol. The lowest BCUT2D eigenvalue weighted by Crippen LogP contribution is -2.52. The van der Waals surface area contributed by atoms with Gasteiger partial charge in [-0.1, -0.05) is 148 Å². The maximum absolute atomic E-state index is 12.9. The Kier molecular flexibility index (Phi) is 21.8. The summed E-state index contributed by atoms with van der Waals surface area (Å²) in [6.07, 6.45) is 19.7. The van der Waals surface area contributed by atoms with Crippen molar-refractivity contribution in [3.05, 3.63) is 35.9 Å². The monoisotopic (exact) mass is 619 g/mol. The molecule has 2 atom stereocenters. The molecular weight excluding hydrogens is 554 g/mol. The van der Waals surface area contributed by atoms with Crippen LogP contribution in [-0.4, -0.2) is 46.1 Å². The number of benzene rings is 1. The fraction of sp³-hybridized carbons (Fsp3) is 0.778. The lowest BCUT2D eigenvalue weighted by molar-refractivity contribution is -0.140. The van der Waals surface area contributed by atoms with Crippen LogP contribution in [0.25, 0.3) is 0 Å². The van der Waals surface area contributed by atoms with Crippen LogP contribution >= 0.6 is 0 Å². The van der Waals surface area contributed by atoms with Gasteiger partial charge in [-0.3, -0.25) is 4.79 Å². The maximum atomic E-state index is 12.9. The quantitative estimate of drug-likeness (QED) is 0.0459. The molecule has 0 saturated carbocycles. The summed E-state index contributed by atoms with van der Waals surface area (Å²) in [5.41, 5.74) is 1.03. The highest BCUT2D eigenvalue weighted by Crippen LogP contribution is 2.36. The maximum Gasteiger partial charge on any atom is 0.220 e. The average molecular weight is 620 g/mol. The number of unbranched alkanes of at least 4 members (excludes halogenated alkanes) is 14. The van der Waals surface area contributed by atoms with E-state index >= 15 is 0 Å². The second-order valence-electron chi connectivity index (χ2n) is 13.7. The summed E-state index contributed by atoms with van der Waals surface area (Å²) in [4.78, 5) is 24.9. The molecule has 1 aromatic carbocycles. The summed E-state index contributed by atoms with van der Waals surface area (Å²) >= 11 is 0. The van der Waals surface area contributed by atoms with Crippen LogP contribution in [0.1, 0.15) is 136 Å². The molecule has 43 heavy (non-hydrogen) atoms. The predicted octanol–water partition coefficient (Wildman–Crippen LogP) is 9.51. The van der Waals surface area contributed by atoms with Gasteiger partial charge in [-0.05, 0) is 30.1 Å². The van der Waals surface area contributed by atoms with E-state index in [4.69, 9.17) is 13.9 Å². The van der Waals surface area contributed by atoms with Crippen LogP contribution in [0.5, 0.6) is 0 Å². The lowest BCUT2D eigenvalue weighted by Gasteiger charge is -2.38. The standard InChI is InChI=1S/C36H65NO5Si/c1-7-8-9-10-11-12-13-14-15-16-17-18-19-20-24-27-35(39)37-33(30-42-43(5,6)36(2,3)4)34(28-38)41-31-40-29-32-25-22-21-23-26-32/h21-23,25-26,28,33-34H,7-20,24,27,29-31H2,1-6H3,(H,37,39)/t33-,34+/m0/s1. The van der Waals surface area contributed by atoms with Crippen LogP contribution in [0, 0.1) is 0 Å². The first-order valence-electron chi connectivity index (χ1n) is 17.2. The van der Waals surface area contributed by atoms with E-state index in [1.165, 1.54) is 83.5 Å². The minimum atomic E-state index is -2.08. The molecule has 0 aliphatic rings. The van der Waals surface area contributed by atoms with E-state index in [1.54, 1.807) is 0 Å². The van der Waals surface area contributed by atoms with Crippen LogP contribution in [0.15, 0.2) is 30.3 Å². The number of rotatable bonds is 27. The largest absolute Gasteiger partial charge is 0.415 e. The van der Waals surface area contributed by atoms with E-state index < -0.39 is 20.5 Å². The third-order valence-electron chi connectivity index (χ3n) is 8.77. The number of carbonyl (C=O) groups excluding carboxylic acids is 2. The molecule has 0 aliphatic heterocycles. The van der Waals surface area contributed by atoms with Crippen LogP contribution in [0.2, 0.25) is 18.1 Å². The van der Waals surface area contributed by atoms with Crippen LogP contribution in [0.4, 0.5) is 0 Å². The van der Waals surface area contributed by atoms with Crippen molar-refractivity contribution in [1.29, 1.82) is 0 Å². The normalized spacial score (nSPS) is 13.5. The second-order valence-corrected chi connectivity index (χ2v) is 18.5. The van der Waals surface area contributed by atoms with Crippen molar-refractivity contribution >= 4 is 20.5 Å². The van der Waals surface area contributed by atoms with E-state index in [0.717, 1.165) is 24.7 Å². The molecule has 1 rings (SSSR count). The van der Waals surface area contributed by atoms with Gasteiger partial charge in [0.1, 0.15) is 12.9 Å². The van der Waals surface area contributed by atoms with E-state index in [1.807, 2.05) is 30.3 Å². The Balaban J connectivity index is 2.36. The third-order valence-corrected chi connectivity index (χ3v) is 13.3. The number of ether oxygens (including phenoxy) is 2. The number of hydrogen-bond donors (Lipinski definition) is 1. The van der Waals surface area contributed by atoms with Gasteiger partial charge in [0.05, 0.1) is 19.3 Å². The molecule has 0 radical (unpaired) electrons. The van der Waals surface area contributed by atoms with Crippen molar-refractivity contribution in [2.45, 2.75) is 167 Å². The Bertz CT molecular complexity index is 827. The molecule has 0 aromatic heterocycles. The Morgan fingerprint density at radius 3 is 1.84 bits per heavy atom. The Morgan fingerprint density at radius 1 is 0.837 bits per heavy atom. The number of nitrogens with one attached hydrogen (secondary N) is 1. The van der Waals surface area contributed by atoms with Crippen LogP contribution in [0.3, 0.4) is 0 Å². The molecule has 6 nitrogen and oxygen atoms in total. The molecule has 1 amide bonds. The smallest absolute Gasteiger partial charge is 0.220 e. The third kappa shape index (κ3) is 19.5. The topological polar surface area (TPSA) is 73.9 Å². The highest BCUT2D eigenvalue weighted by molar-refractivity contribution is 6.74. The summed E-state index contributed by atoms with van der Waals surface area (Å²) in [5.74, 6) is -0.0563. The van der Waals surface area contributed by atoms with Crippen LogP contribution < -0.4 is 5.32 Å². The summed E-state index contributed by atoms with van der Waals surface area (Å²) in [6, 6.07) is 9.26. The molecule has 0 saturated heterocycles. The first kappa shape index (κ1) is 39.5. The summed E-state index contributed by atoms with van der Waals surface area (Å²) in [7, 11) is -2.08. The fourth-order valence-corrected chi connectivity index (χ4v) is 5.81. The zero-order valence-corrected chi connectivity index (χ0v) is 29.6. The van der Waals surface area contributed by atoms with Gasteiger partial charge < -0.3 is 24.0 Å². The minimum Gasteiger partial charge on any atom is -0.415 e. The van der Waals surface area contributed by atoms with E-state index in [-0.39, 0.29) is 24.3 Å². The van der Waals surface area contributed by atoms with Crippen molar-refractivity contribution in [3.8, 4) is 0 Å². The first-order valence-corrected chi connectivity index (χ1v) is 20.1. The average Bonchev–Trinajstić information content (AvgIpc) is 2.97. The van der Waals surface area contributed by atoms with E-state index in [9.17, 15) is 9.59 Å². The Morgan fingerprint density at radius 2 is 1.35 bits per heavy atom. The lowest BCUT2D eigenvalue weighted by atomic mass is 10.0. The first-order chi connectivity index (χ1) is 20.6. The molecule has 1 aromatic rings. The van der Waals surface area contributed by atoms with Gasteiger partial charge in [-0.2, -0.15) is 0 Å². The Hall–Kier alpha value is -1.54. The molecule has 0 fully saturated rings. The van der Waals surface area contributed by atoms with Crippen LogP contribution in [-0.2, 0) is 30.1 Å². The number of hydrogen-bond acceptors (Lipinski definition) is 5. The van der Waals surface area contributed by atoms with Gasteiger partial charge in [0.15, 0.2) is 14.6 Å². The summed E-state index contributed by atoms with van der Waals surface area (Å²) < 4.78 is 17.8. The summed E-state index contributed by atoms with van der Waals surface area (Å²) in [5, 5.41) is 3.07. The van der Waals surface area contributed by atoms with E-state index in [0.29, 0.717) is 13.0 Å². The number of amides is 1. The van der Waals surface area contributed by atoms with Gasteiger partial charge in [-0.15, -0.1) is 0 Å². The van der Waals surface area contributed by atoms with Gasteiger partial charge in [0, 0.05) is 6.42 Å². The summed E-state index contributed by atoms with van der Waals surface area (Å²) in [6.45, 7) is 13.7. The molecule has 0 heterocycles. The SMILES string of the molecule is CCCCCCCCCCCCCCCCCC(=O)N[C@@H](CO[Si](C)(C)C(C)(C)C)[C@@H](C=O)OCOCc1ccccc1. The molecule has 0 spiro atoms. The molecule has 248 valence electrons. The molecule has 7 heteroatoms. The van der Waals surface area contributed by atoms with Crippen molar-refractivity contribution in [1.82, 2.24) is 5.32 Å². The fourth-order valence-electron chi connectivity index (χ4n) is 4.78. The molecule has 1 N–H and O–H groups in total. The van der Waals surface area contributed by atoms with Crippen molar-refractivity contribution < 1.29 is 23.5 Å². The molecule has 0 bridgehead atoms. The second kappa shape index (κ2) is 23.8. The van der Waals surface area contributed by atoms with Gasteiger partial charge in [-0.25, -0.2) is 0 Å². The molecular formula is C36H65NO5Si. The van der Waals surface area contributed by atoms with Gasteiger partial charge in [0.2, 0.25) is 5.91 Å². The van der Waals surface area contributed by atoms with E-state index in [2.05, 4.69) is 46.1 Å². The molecule has 0 aliphatic carbocycles. The van der Waals surface area contributed by atoms with Crippen molar-refractivity contribution in [2.24, 2.45) is 0 Å². The number of carbonyl (C=O) groups is 2. The zero-order chi connectivity index (χ0) is 31.8. The highest BCUT2D eigenvalue weighted by atomic mass is 28.4. The minimum absolute atomic E-state index is 0.0196.